The van der Waals surface area contributed by atoms with E-state index in [0.29, 0.717) is 15.7 Å². The SMILES string of the molecule is Cc1ccc2nc(C)c(C)c(C(=O)NC(C)(C)c3nnc(N)s3)c2c1. The quantitative estimate of drug-likeness (QED) is 0.752. The first kappa shape index (κ1) is 17.3. The predicted molar refractivity (Wildman–Crippen MR) is 101 cm³/mol. The second kappa shape index (κ2) is 6.07. The van der Waals surface area contributed by atoms with Crippen molar-refractivity contribution >= 4 is 33.3 Å². The maximum atomic E-state index is 13.1. The van der Waals surface area contributed by atoms with Crippen LogP contribution in [0.3, 0.4) is 0 Å². The number of amides is 1. The van der Waals surface area contributed by atoms with E-state index in [0.717, 1.165) is 27.7 Å². The summed E-state index contributed by atoms with van der Waals surface area (Å²) in [6.45, 7) is 9.63. The van der Waals surface area contributed by atoms with Gasteiger partial charge in [0.05, 0.1) is 16.6 Å². The number of carbonyl (C=O) groups is 1. The Morgan fingerprint density at radius 2 is 1.92 bits per heavy atom. The van der Waals surface area contributed by atoms with Crippen LogP contribution in [-0.4, -0.2) is 21.1 Å². The van der Waals surface area contributed by atoms with Gasteiger partial charge in [0.15, 0.2) is 0 Å². The average molecular weight is 355 g/mol. The van der Waals surface area contributed by atoms with E-state index in [-0.39, 0.29) is 5.91 Å². The van der Waals surface area contributed by atoms with Crippen molar-refractivity contribution in [2.75, 3.05) is 5.73 Å². The molecule has 6 nitrogen and oxygen atoms in total. The molecule has 2 heterocycles. The maximum absolute atomic E-state index is 13.1. The number of nitrogens with zero attached hydrogens (tertiary/aromatic N) is 3. The van der Waals surface area contributed by atoms with E-state index in [4.69, 9.17) is 5.73 Å². The Morgan fingerprint density at radius 3 is 2.56 bits per heavy atom. The molecule has 0 aliphatic carbocycles. The lowest BCUT2D eigenvalue weighted by Gasteiger charge is -2.24. The lowest BCUT2D eigenvalue weighted by molar-refractivity contribution is 0.0912. The molecule has 3 rings (SSSR count). The number of nitrogens with one attached hydrogen (secondary N) is 1. The summed E-state index contributed by atoms with van der Waals surface area (Å²) in [5, 5.41) is 12.9. The molecule has 0 aliphatic heterocycles. The van der Waals surface area contributed by atoms with E-state index in [1.807, 2.05) is 52.8 Å². The van der Waals surface area contributed by atoms with Crippen molar-refractivity contribution in [2.45, 2.75) is 40.2 Å². The summed E-state index contributed by atoms with van der Waals surface area (Å²) in [7, 11) is 0. The van der Waals surface area contributed by atoms with Crippen LogP contribution >= 0.6 is 11.3 Å². The standard InChI is InChI=1S/C18H21N5OS/c1-9-6-7-13-12(8-9)14(10(2)11(3)20-13)15(24)21-18(4,5)16-22-23-17(19)25-16/h6-8H,1-5H3,(H2,19,23)(H,21,24). The Bertz CT molecular complexity index is 977. The summed E-state index contributed by atoms with van der Waals surface area (Å²) < 4.78 is 0. The molecular formula is C18H21N5OS. The van der Waals surface area contributed by atoms with Gasteiger partial charge < -0.3 is 11.1 Å². The third-order valence-electron chi connectivity index (χ3n) is 4.26. The first-order valence-electron chi connectivity index (χ1n) is 7.98. The zero-order valence-electron chi connectivity index (χ0n) is 15.0. The zero-order chi connectivity index (χ0) is 18.4. The van der Waals surface area contributed by atoms with Gasteiger partial charge in [0, 0.05) is 11.1 Å². The molecule has 0 bridgehead atoms. The van der Waals surface area contributed by atoms with E-state index in [1.54, 1.807) is 0 Å². The third-order valence-corrected chi connectivity index (χ3v) is 5.33. The second-order valence-electron chi connectivity index (χ2n) is 6.74. The average Bonchev–Trinajstić information content (AvgIpc) is 2.96. The summed E-state index contributed by atoms with van der Waals surface area (Å²) in [6, 6.07) is 5.95. The molecule has 1 aromatic carbocycles. The number of fused-ring (bicyclic) bond motifs is 1. The Labute approximate surface area is 150 Å². The van der Waals surface area contributed by atoms with Gasteiger partial charge in [0.1, 0.15) is 5.01 Å². The second-order valence-corrected chi connectivity index (χ2v) is 7.75. The maximum Gasteiger partial charge on any atom is 0.253 e. The number of benzene rings is 1. The van der Waals surface area contributed by atoms with E-state index < -0.39 is 5.54 Å². The van der Waals surface area contributed by atoms with Crippen LogP contribution in [0.15, 0.2) is 18.2 Å². The fraction of sp³-hybridized carbons (Fsp3) is 0.333. The summed E-state index contributed by atoms with van der Waals surface area (Å²) in [5.41, 5.74) is 9.28. The summed E-state index contributed by atoms with van der Waals surface area (Å²) >= 11 is 1.27. The molecule has 3 aromatic rings. The molecule has 1 amide bonds. The van der Waals surface area contributed by atoms with Gasteiger partial charge in [0.2, 0.25) is 5.13 Å². The minimum atomic E-state index is -0.674. The molecular weight excluding hydrogens is 334 g/mol. The third kappa shape index (κ3) is 3.19. The Hall–Kier alpha value is -2.54. The van der Waals surface area contributed by atoms with Crippen molar-refractivity contribution in [3.63, 3.8) is 0 Å². The van der Waals surface area contributed by atoms with E-state index in [2.05, 4.69) is 20.5 Å². The monoisotopic (exact) mass is 355 g/mol. The Kier molecular flexibility index (Phi) is 4.20. The van der Waals surface area contributed by atoms with Gasteiger partial charge in [-0.3, -0.25) is 9.78 Å². The van der Waals surface area contributed by atoms with E-state index in [9.17, 15) is 4.79 Å². The van der Waals surface area contributed by atoms with Crippen LogP contribution in [0.5, 0.6) is 0 Å². The molecule has 3 N–H and O–H groups in total. The molecule has 0 atom stereocenters. The number of carbonyl (C=O) groups excluding carboxylic acids is 1. The molecule has 0 spiro atoms. The van der Waals surface area contributed by atoms with Gasteiger partial charge in [-0.05, 0) is 52.3 Å². The largest absolute Gasteiger partial charge is 0.374 e. The highest BCUT2D eigenvalue weighted by molar-refractivity contribution is 7.15. The summed E-state index contributed by atoms with van der Waals surface area (Å²) in [5.74, 6) is -0.155. The molecule has 7 heteroatoms. The van der Waals surface area contributed by atoms with Crippen LogP contribution in [0.2, 0.25) is 0 Å². The Balaban J connectivity index is 2.08. The van der Waals surface area contributed by atoms with Crippen LogP contribution in [0, 0.1) is 20.8 Å². The topological polar surface area (TPSA) is 93.8 Å². The first-order valence-corrected chi connectivity index (χ1v) is 8.80. The predicted octanol–water partition coefficient (Wildman–Crippen LogP) is 3.26. The number of nitrogens with two attached hydrogens (primary N) is 1. The molecule has 2 aromatic heterocycles. The minimum absolute atomic E-state index is 0.155. The molecule has 0 unspecified atom stereocenters. The number of hydrogen-bond acceptors (Lipinski definition) is 6. The summed E-state index contributed by atoms with van der Waals surface area (Å²) in [4.78, 5) is 17.7. The van der Waals surface area contributed by atoms with Gasteiger partial charge in [0.25, 0.3) is 5.91 Å². The number of hydrogen-bond donors (Lipinski definition) is 2. The van der Waals surface area contributed by atoms with Crippen molar-refractivity contribution in [3.8, 4) is 0 Å². The van der Waals surface area contributed by atoms with Gasteiger partial charge in [-0.2, -0.15) is 0 Å². The molecule has 0 radical (unpaired) electrons. The fourth-order valence-corrected chi connectivity index (χ4v) is 3.44. The number of aryl methyl sites for hydroxylation is 2. The van der Waals surface area contributed by atoms with Crippen LogP contribution in [0.1, 0.15) is 46.0 Å². The summed E-state index contributed by atoms with van der Waals surface area (Å²) in [6.07, 6.45) is 0. The van der Waals surface area contributed by atoms with Crippen molar-refractivity contribution in [1.29, 1.82) is 0 Å². The van der Waals surface area contributed by atoms with Crippen LogP contribution in [-0.2, 0) is 5.54 Å². The number of anilines is 1. The van der Waals surface area contributed by atoms with Crippen molar-refractivity contribution in [3.05, 3.63) is 45.6 Å². The highest BCUT2D eigenvalue weighted by Crippen LogP contribution is 2.28. The normalized spacial score (nSPS) is 11.7. The van der Waals surface area contributed by atoms with Crippen LogP contribution in [0.4, 0.5) is 5.13 Å². The highest BCUT2D eigenvalue weighted by Gasteiger charge is 2.29. The first-order chi connectivity index (χ1) is 11.7. The van der Waals surface area contributed by atoms with Gasteiger partial charge in [-0.25, -0.2) is 0 Å². The number of nitrogen functional groups attached to an aromatic ring is 1. The lowest BCUT2D eigenvalue weighted by atomic mass is 9.98. The molecule has 130 valence electrons. The van der Waals surface area contributed by atoms with Gasteiger partial charge in [-0.1, -0.05) is 23.0 Å². The van der Waals surface area contributed by atoms with Gasteiger partial charge in [-0.15, -0.1) is 10.2 Å². The lowest BCUT2D eigenvalue weighted by Crippen LogP contribution is -2.41. The Morgan fingerprint density at radius 1 is 1.20 bits per heavy atom. The van der Waals surface area contributed by atoms with Crippen molar-refractivity contribution < 1.29 is 4.79 Å². The molecule has 0 fully saturated rings. The van der Waals surface area contributed by atoms with Crippen molar-refractivity contribution in [2.24, 2.45) is 0 Å². The van der Waals surface area contributed by atoms with Crippen molar-refractivity contribution in [1.82, 2.24) is 20.5 Å². The smallest absolute Gasteiger partial charge is 0.253 e. The number of pyridine rings is 1. The molecule has 0 aliphatic rings. The van der Waals surface area contributed by atoms with E-state index >= 15 is 0 Å². The van der Waals surface area contributed by atoms with Gasteiger partial charge >= 0.3 is 0 Å². The van der Waals surface area contributed by atoms with E-state index in [1.165, 1.54) is 11.3 Å². The number of rotatable bonds is 3. The zero-order valence-corrected chi connectivity index (χ0v) is 15.8. The van der Waals surface area contributed by atoms with Crippen LogP contribution < -0.4 is 11.1 Å². The minimum Gasteiger partial charge on any atom is -0.374 e. The molecule has 0 saturated heterocycles. The fourth-order valence-electron chi connectivity index (χ4n) is 2.77. The highest BCUT2D eigenvalue weighted by atomic mass is 32.1. The molecule has 0 saturated carbocycles. The number of aromatic nitrogens is 3. The van der Waals surface area contributed by atoms with Crippen LogP contribution in [0.25, 0.3) is 10.9 Å². The molecule has 25 heavy (non-hydrogen) atoms.